The molecule has 0 rings (SSSR count). The summed E-state index contributed by atoms with van der Waals surface area (Å²) in [4.78, 5) is 0. The van der Waals surface area contributed by atoms with E-state index in [-0.39, 0.29) is 19.2 Å². The molecule has 164 valence electrons. The fourth-order valence-electron chi connectivity index (χ4n) is 2.40. The molecule has 0 aliphatic carbocycles. The summed E-state index contributed by atoms with van der Waals surface area (Å²) in [5.41, 5.74) is 10.7. The van der Waals surface area contributed by atoms with Gasteiger partial charge in [0.15, 0.2) is 0 Å². The molecule has 0 saturated carbocycles. The normalized spacial score (nSPS) is 16.2. The van der Waals surface area contributed by atoms with Crippen LogP contribution in [0.3, 0.4) is 0 Å². The summed E-state index contributed by atoms with van der Waals surface area (Å²) >= 11 is 0. The van der Waals surface area contributed by atoms with Gasteiger partial charge < -0.3 is 36.3 Å². The lowest BCUT2D eigenvalue weighted by Crippen LogP contribution is -2.52. The lowest BCUT2D eigenvalue weighted by atomic mass is 10.1. The lowest BCUT2D eigenvalue weighted by Gasteiger charge is -2.27. The zero-order chi connectivity index (χ0) is 20.3. The maximum atomic E-state index is 10.3. The first kappa shape index (κ1) is 26.6. The van der Waals surface area contributed by atoms with Crippen LogP contribution in [0.25, 0.3) is 0 Å². The molecule has 0 spiro atoms. The average Bonchev–Trinajstić information content (AvgIpc) is 2.67. The van der Waals surface area contributed by atoms with E-state index in [2.05, 4.69) is 16.0 Å². The molecule has 10 N–H and O–H groups in total. The largest absolute Gasteiger partial charge is 0.378 e. The van der Waals surface area contributed by atoms with Crippen LogP contribution in [0.2, 0.25) is 0 Å². The molecular weight excluding hydrogens is 354 g/mol. The molecule has 0 radical (unpaired) electrons. The standard InChI is InChI=1S/C17H41N5O5/c1-2-7-21-17(25)14(5-3-4-8-20-15(23)12-19)22-16(24)13-27-11-10-26-9-6-18/h14-17,20-25H,2-13,18-19H2,1H3. The van der Waals surface area contributed by atoms with Gasteiger partial charge in [-0.2, -0.15) is 0 Å². The molecule has 10 nitrogen and oxygen atoms in total. The second-order valence-electron chi connectivity index (χ2n) is 6.37. The fraction of sp³-hybridized carbons (Fsp3) is 1.00. The van der Waals surface area contributed by atoms with Crippen LogP contribution in [0.1, 0.15) is 32.6 Å². The number of unbranched alkanes of at least 4 members (excludes halogenated alkanes) is 1. The van der Waals surface area contributed by atoms with Crippen molar-refractivity contribution in [1.29, 1.82) is 0 Å². The Morgan fingerprint density at radius 1 is 0.889 bits per heavy atom. The summed E-state index contributed by atoms with van der Waals surface area (Å²) in [6.45, 7) is 5.37. The first-order valence-corrected chi connectivity index (χ1v) is 9.87. The Bertz CT molecular complexity index is 317. The smallest absolute Gasteiger partial charge is 0.128 e. The number of hydrogen-bond donors (Lipinski definition) is 8. The number of nitrogens with two attached hydrogens (primary N) is 2. The Labute approximate surface area is 163 Å². The van der Waals surface area contributed by atoms with Crippen LogP contribution in [0.15, 0.2) is 0 Å². The van der Waals surface area contributed by atoms with Gasteiger partial charge in [0.05, 0.1) is 26.4 Å². The predicted molar refractivity (Wildman–Crippen MR) is 105 cm³/mol. The van der Waals surface area contributed by atoms with E-state index in [1.165, 1.54) is 0 Å². The minimum Gasteiger partial charge on any atom is -0.378 e. The van der Waals surface area contributed by atoms with Gasteiger partial charge in [-0.15, -0.1) is 0 Å². The third-order valence-corrected chi connectivity index (χ3v) is 3.85. The Kier molecular flexibility index (Phi) is 18.7. The third-order valence-electron chi connectivity index (χ3n) is 3.85. The van der Waals surface area contributed by atoms with E-state index in [9.17, 15) is 15.3 Å². The monoisotopic (exact) mass is 395 g/mol. The topological polar surface area (TPSA) is 167 Å². The molecule has 0 saturated heterocycles. The van der Waals surface area contributed by atoms with Gasteiger partial charge >= 0.3 is 0 Å². The van der Waals surface area contributed by atoms with E-state index in [0.717, 1.165) is 19.3 Å². The van der Waals surface area contributed by atoms with E-state index >= 15 is 0 Å². The van der Waals surface area contributed by atoms with Crippen LogP contribution in [0, 0.1) is 0 Å². The molecule has 0 bridgehead atoms. The molecule has 4 unspecified atom stereocenters. The SMILES string of the molecule is CCCNC(O)C(CCCCNC(O)CN)NC(O)COCCOCCN. The first-order chi connectivity index (χ1) is 13.0. The van der Waals surface area contributed by atoms with Crippen LogP contribution in [0.5, 0.6) is 0 Å². The molecular formula is C17H41N5O5. The number of aliphatic hydroxyl groups is 3. The van der Waals surface area contributed by atoms with E-state index < -0.39 is 18.7 Å². The van der Waals surface area contributed by atoms with Crippen LogP contribution < -0.4 is 27.4 Å². The molecule has 4 atom stereocenters. The molecule has 0 aliphatic heterocycles. The minimum absolute atomic E-state index is 0.104. The summed E-state index contributed by atoms with van der Waals surface area (Å²) in [6.07, 6.45) is 0.848. The van der Waals surface area contributed by atoms with Crippen molar-refractivity contribution in [3.63, 3.8) is 0 Å². The Balaban J connectivity index is 4.13. The summed E-state index contributed by atoms with van der Waals surface area (Å²) < 4.78 is 10.6. The second-order valence-corrected chi connectivity index (χ2v) is 6.37. The summed E-state index contributed by atoms with van der Waals surface area (Å²) in [6, 6.07) is -0.317. The maximum Gasteiger partial charge on any atom is 0.128 e. The Hall–Kier alpha value is -0.400. The molecule has 0 amide bonds. The molecule has 0 aromatic rings. The van der Waals surface area contributed by atoms with E-state index in [1.807, 2.05) is 6.92 Å². The number of ether oxygens (including phenoxy) is 2. The maximum absolute atomic E-state index is 10.3. The van der Waals surface area contributed by atoms with Crippen molar-refractivity contribution < 1.29 is 24.8 Å². The van der Waals surface area contributed by atoms with Gasteiger partial charge in [-0.05, 0) is 32.4 Å². The predicted octanol–water partition coefficient (Wildman–Crippen LogP) is -2.39. The average molecular weight is 396 g/mol. The van der Waals surface area contributed by atoms with Gasteiger partial charge in [-0.25, -0.2) is 0 Å². The number of nitrogens with one attached hydrogen (secondary N) is 3. The fourth-order valence-corrected chi connectivity index (χ4v) is 2.40. The van der Waals surface area contributed by atoms with Crippen molar-refractivity contribution in [3.05, 3.63) is 0 Å². The van der Waals surface area contributed by atoms with Crippen LogP contribution in [-0.4, -0.2) is 92.7 Å². The summed E-state index contributed by atoms with van der Waals surface area (Å²) in [5.74, 6) is 0. The van der Waals surface area contributed by atoms with Gasteiger partial charge in [-0.3, -0.25) is 16.0 Å². The Morgan fingerprint density at radius 3 is 2.30 bits per heavy atom. The molecule has 10 heteroatoms. The van der Waals surface area contributed by atoms with Crippen LogP contribution >= 0.6 is 0 Å². The van der Waals surface area contributed by atoms with E-state index in [1.54, 1.807) is 0 Å². The highest BCUT2D eigenvalue weighted by molar-refractivity contribution is 4.76. The first-order valence-electron chi connectivity index (χ1n) is 9.87. The van der Waals surface area contributed by atoms with Gasteiger partial charge in [0.2, 0.25) is 0 Å². The van der Waals surface area contributed by atoms with Crippen molar-refractivity contribution in [2.75, 3.05) is 52.6 Å². The van der Waals surface area contributed by atoms with E-state index in [0.29, 0.717) is 45.9 Å². The van der Waals surface area contributed by atoms with Crippen molar-refractivity contribution in [3.8, 4) is 0 Å². The molecule has 0 aromatic carbocycles. The lowest BCUT2D eigenvalue weighted by molar-refractivity contribution is -0.0239. The molecule has 0 aliphatic rings. The number of hydrogen-bond acceptors (Lipinski definition) is 10. The van der Waals surface area contributed by atoms with E-state index in [4.69, 9.17) is 20.9 Å². The highest BCUT2D eigenvalue weighted by atomic mass is 16.5. The second kappa shape index (κ2) is 18.9. The van der Waals surface area contributed by atoms with Crippen LogP contribution in [-0.2, 0) is 9.47 Å². The molecule has 0 fully saturated rings. The summed E-state index contributed by atoms with van der Waals surface area (Å²) in [7, 11) is 0. The number of rotatable bonds is 20. The quantitative estimate of drug-likeness (QED) is 0.0822. The third kappa shape index (κ3) is 16.3. The van der Waals surface area contributed by atoms with Gasteiger partial charge in [-0.1, -0.05) is 13.3 Å². The summed E-state index contributed by atoms with van der Waals surface area (Å²) in [5, 5.41) is 38.7. The highest BCUT2D eigenvalue weighted by Crippen LogP contribution is 2.05. The molecule has 0 aromatic heterocycles. The zero-order valence-corrected chi connectivity index (χ0v) is 16.6. The van der Waals surface area contributed by atoms with Crippen LogP contribution in [0.4, 0.5) is 0 Å². The van der Waals surface area contributed by atoms with Gasteiger partial charge in [0, 0.05) is 19.1 Å². The Morgan fingerprint density at radius 2 is 1.63 bits per heavy atom. The van der Waals surface area contributed by atoms with Crippen molar-refractivity contribution in [1.82, 2.24) is 16.0 Å². The zero-order valence-electron chi connectivity index (χ0n) is 16.6. The van der Waals surface area contributed by atoms with Crippen molar-refractivity contribution in [2.24, 2.45) is 11.5 Å². The highest BCUT2D eigenvalue weighted by Gasteiger charge is 2.21. The molecule has 0 heterocycles. The minimum atomic E-state index is -0.889. The van der Waals surface area contributed by atoms with Crippen molar-refractivity contribution >= 4 is 0 Å². The van der Waals surface area contributed by atoms with Gasteiger partial charge in [0.25, 0.3) is 0 Å². The molecule has 27 heavy (non-hydrogen) atoms. The number of aliphatic hydroxyl groups excluding tert-OH is 3. The van der Waals surface area contributed by atoms with Gasteiger partial charge in [0.1, 0.15) is 18.7 Å². The van der Waals surface area contributed by atoms with Crippen molar-refractivity contribution in [2.45, 2.75) is 57.3 Å².